The van der Waals surface area contributed by atoms with Crippen LogP contribution in [0.15, 0.2) is 27.4 Å². The number of carbonyl (C=O) groups excluding carboxylic acids is 1. The number of nitrogens with two attached hydrogens (primary N) is 1. The van der Waals surface area contributed by atoms with Crippen LogP contribution in [0.2, 0.25) is 0 Å². The predicted molar refractivity (Wildman–Crippen MR) is 80.1 cm³/mol. The van der Waals surface area contributed by atoms with Gasteiger partial charge in [-0.3, -0.25) is 9.36 Å². The highest BCUT2D eigenvalue weighted by molar-refractivity contribution is 5.94. The first kappa shape index (κ1) is 13.9. The Balaban J connectivity index is 1.82. The number of benzene rings is 1. The minimum Gasteiger partial charge on any atom is -0.408 e. The van der Waals surface area contributed by atoms with Gasteiger partial charge in [0.1, 0.15) is 0 Å². The molecular weight excluding hydrogens is 270 g/mol. The SMILES string of the molecule is CCn1c(=O)oc2cc(NC(=O)[C@H]3CC[C@@H](N)C3)ccc21. The van der Waals surface area contributed by atoms with Gasteiger partial charge in [-0.2, -0.15) is 0 Å². The molecule has 21 heavy (non-hydrogen) atoms. The minimum atomic E-state index is -0.377. The highest BCUT2D eigenvalue weighted by Crippen LogP contribution is 2.26. The summed E-state index contributed by atoms with van der Waals surface area (Å²) in [4.78, 5) is 23.8. The number of nitrogens with one attached hydrogen (secondary N) is 1. The largest absolute Gasteiger partial charge is 0.419 e. The summed E-state index contributed by atoms with van der Waals surface area (Å²) in [6, 6.07) is 5.39. The van der Waals surface area contributed by atoms with Crippen LogP contribution < -0.4 is 16.8 Å². The number of hydrogen-bond donors (Lipinski definition) is 2. The molecule has 1 aliphatic carbocycles. The summed E-state index contributed by atoms with van der Waals surface area (Å²) in [6.45, 7) is 2.44. The van der Waals surface area contributed by atoms with E-state index >= 15 is 0 Å². The summed E-state index contributed by atoms with van der Waals surface area (Å²) in [5.41, 5.74) is 7.70. The molecule has 112 valence electrons. The van der Waals surface area contributed by atoms with E-state index in [9.17, 15) is 9.59 Å². The molecule has 1 aliphatic rings. The molecule has 0 saturated heterocycles. The number of aromatic nitrogens is 1. The number of amides is 1. The summed E-state index contributed by atoms with van der Waals surface area (Å²) in [5, 5.41) is 2.88. The molecule has 1 aromatic heterocycles. The van der Waals surface area contributed by atoms with Crippen molar-refractivity contribution >= 4 is 22.7 Å². The molecular formula is C15H19N3O3. The molecule has 0 spiro atoms. The second-order valence-corrected chi connectivity index (χ2v) is 5.55. The fourth-order valence-electron chi connectivity index (χ4n) is 2.94. The maximum Gasteiger partial charge on any atom is 0.419 e. The topological polar surface area (TPSA) is 90.3 Å². The Hall–Kier alpha value is -2.08. The molecule has 1 aromatic carbocycles. The average Bonchev–Trinajstić information content (AvgIpc) is 3.01. The number of aryl methyl sites for hydroxylation is 1. The van der Waals surface area contributed by atoms with Crippen molar-refractivity contribution in [1.29, 1.82) is 0 Å². The third-order valence-corrected chi connectivity index (χ3v) is 4.10. The Morgan fingerprint density at radius 3 is 2.95 bits per heavy atom. The lowest BCUT2D eigenvalue weighted by atomic mass is 10.1. The summed E-state index contributed by atoms with van der Waals surface area (Å²) in [7, 11) is 0. The molecule has 3 N–H and O–H groups in total. The van der Waals surface area contributed by atoms with Crippen LogP contribution in [0, 0.1) is 5.92 Å². The van der Waals surface area contributed by atoms with E-state index in [1.54, 1.807) is 22.8 Å². The number of rotatable bonds is 3. The van der Waals surface area contributed by atoms with Crippen LogP contribution in [0.3, 0.4) is 0 Å². The molecule has 0 bridgehead atoms. The molecule has 1 fully saturated rings. The highest BCUT2D eigenvalue weighted by atomic mass is 16.4. The van der Waals surface area contributed by atoms with Crippen LogP contribution in [0.5, 0.6) is 0 Å². The summed E-state index contributed by atoms with van der Waals surface area (Å²) >= 11 is 0. The van der Waals surface area contributed by atoms with E-state index in [-0.39, 0.29) is 23.6 Å². The molecule has 0 unspecified atom stereocenters. The van der Waals surface area contributed by atoms with Crippen LogP contribution in [-0.2, 0) is 11.3 Å². The predicted octanol–water partition coefficient (Wildman–Crippen LogP) is 1.68. The number of oxazole rings is 1. The molecule has 2 atom stereocenters. The lowest BCUT2D eigenvalue weighted by molar-refractivity contribution is -0.119. The summed E-state index contributed by atoms with van der Waals surface area (Å²) < 4.78 is 6.74. The molecule has 0 aliphatic heterocycles. The third-order valence-electron chi connectivity index (χ3n) is 4.10. The van der Waals surface area contributed by atoms with Crippen molar-refractivity contribution in [2.45, 2.75) is 38.8 Å². The van der Waals surface area contributed by atoms with Crippen LogP contribution in [0.4, 0.5) is 5.69 Å². The van der Waals surface area contributed by atoms with Gasteiger partial charge < -0.3 is 15.5 Å². The number of hydrogen-bond acceptors (Lipinski definition) is 4. The van der Waals surface area contributed by atoms with E-state index in [1.807, 2.05) is 6.92 Å². The zero-order valence-corrected chi connectivity index (χ0v) is 12.0. The Bertz CT molecular complexity index is 731. The summed E-state index contributed by atoms with van der Waals surface area (Å²) in [5.74, 6) is -0.416. The summed E-state index contributed by atoms with van der Waals surface area (Å²) in [6.07, 6.45) is 2.46. The van der Waals surface area contributed by atoms with Crippen LogP contribution >= 0.6 is 0 Å². The number of nitrogens with zero attached hydrogens (tertiary/aromatic N) is 1. The van der Waals surface area contributed by atoms with Gasteiger partial charge in [0.2, 0.25) is 5.91 Å². The first-order valence-electron chi connectivity index (χ1n) is 7.28. The van der Waals surface area contributed by atoms with E-state index in [4.69, 9.17) is 10.2 Å². The van der Waals surface area contributed by atoms with Crippen molar-refractivity contribution in [1.82, 2.24) is 4.57 Å². The molecule has 3 rings (SSSR count). The molecule has 1 heterocycles. The van der Waals surface area contributed by atoms with Gasteiger partial charge >= 0.3 is 5.76 Å². The molecule has 6 heteroatoms. The zero-order chi connectivity index (χ0) is 15.0. The van der Waals surface area contributed by atoms with Crippen LogP contribution in [-0.4, -0.2) is 16.5 Å². The van der Waals surface area contributed by atoms with Crippen molar-refractivity contribution < 1.29 is 9.21 Å². The second kappa shape index (κ2) is 5.37. The van der Waals surface area contributed by atoms with Crippen molar-refractivity contribution in [3.05, 3.63) is 28.7 Å². The Kier molecular flexibility index (Phi) is 3.55. The van der Waals surface area contributed by atoms with Gasteiger partial charge in [0.25, 0.3) is 0 Å². The quantitative estimate of drug-likeness (QED) is 0.899. The number of fused-ring (bicyclic) bond motifs is 1. The third kappa shape index (κ3) is 2.58. The Morgan fingerprint density at radius 1 is 1.48 bits per heavy atom. The monoisotopic (exact) mass is 289 g/mol. The van der Waals surface area contributed by atoms with E-state index in [1.165, 1.54) is 0 Å². The number of anilines is 1. The number of carbonyl (C=O) groups is 1. The van der Waals surface area contributed by atoms with E-state index in [0.717, 1.165) is 24.8 Å². The first-order chi connectivity index (χ1) is 10.1. The lowest BCUT2D eigenvalue weighted by Crippen LogP contribution is -2.23. The van der Waals surface area contributed by atoms with E-state index in [0.29, 0.717) is 17.8 Å². The molecule has 2 aromatic rings. The van der Waals surface area contributed by atoms with Crippen molar-refractivity contribution in [2.75, 3.05) is 5.32 Å². The van der Waals surface area contributed by atoms with Gasteiger partial charge in [0.05, 0.1) is 5.52 Å². The second-order valence-electron chi connectivity index (χ2n) is 5.55. The smallest absolute Gasteiger partial charge is 0.408 e. The lowest BCUT2D eigenvalue weighted by Gasteiger charge is -2.10. The molecule has 6 nitrogen and oxygen atoms in total. The van der Waals surface area contributed by atoms with Gasteiger partial charge in [-0.25, -0.2) is 4.79 Å². The average molecular weight is 289 g/mol. The molecule has 1 saturated carbocycles. The van der Waals surface area contributed by atoms with Gasteiger partial charge in [-0.1, -0.05) is 0 Å². The maximum absolute atomic E-state index is 12.2. The maximum atomic E-state index is 12.2. The standard InChI is InChI=1S/C15H19N3O3/c1-2-18-12-6-5-11(8-13(12)21-15(18)20)17-14(19)9-3-4-10(16)7-9/h5-6,8-10H,2-4,7,16H2,1H3,(H,17,19)/t9-,10+/m0/s1. The Morgan fingerprint density at radius 2 is 2.29 bits per heavy atom. The van der Waals surface area contributed by atoms with Crippen LogP contribution in [0.25, 0.3) is 11.1 Å². The molecule has 0 radical (unpaired) electrons. The zero-order valence-electron chi connectivity index (χ0n) is 12.0. The van der Waals surface area contributed by atoms with Crippen molar-refractivity contribution in [2.24, 2.45) is 11.7 Å². The fraction of sp³-hybridized carbons (Fsp3) is 0.467. The van der Waals surface area contributed by atoms with Gasteiger partial charge in [0.15, 0.2) is 5.58 Å². The van der Waals surface area contributed by atoms with Gasteiger partial charge in [-0.15, -0.1) is 0 Å². The van der Waals surface area contributed by atoms with Crippen molar-refractivity contribution in [3.63, 3.8) is 0 Å². The first-order valence-corrected chi connectivity index (χ1v) is 7.28. The fourth-order valence-corrected chi connectivity index (χ4v) is 2.94. The highest BCUT2D eigenvalue weighted by Gasteiger charge is 2.27. The van der Waals surface area contributed by atoms with Crippen molar-refractivity contribution in [3.8, 4) is 0 Å². The van der Waals surface area contributed by atoms with E-state index in [2.05, 4.69) is 5.32 Å². The van der Waals surface area contributed by atoms with Gasteiger partial charge in [0, 0.05) is 30.3 Å². The Labute approximate surface area is 121 Å². The van der Waals surface area contributed by atoms with E-state index < -0.39 is 0 Å². The minimum absolute atomic E-state index is 0.0143. The van der Waals surface area contributed by atoms with Gasteiger partial charge in [-0.05, 0) is 38.3 Å². The normalized spacial score (nSPS) is 21.8. The molecule has 1 amide bonds. The van der Waals surface area contributed by atoms with Crippen LogP contribution in [0.1, 0.15) is 26.2 Å².